The van der Waals surface area contributed by atoms with Crippen molar-refractivity contribution in [3.05, 3.63) is 29.3 Å². The molecule has 1 aromatic carbocycles. The number of thiocarbonyl (C=S) groups is 2. The van der Waals surface area contributed by atoms with Crippen LogP contribution in [0, 0.1) is 0 Å². The topological polar surface area (TPSA) is 38.0 Å². The first kappa shape index (κ1) is 10.4. The van der Waals surface area contributed by atoms with Crippen molar-refractivity contribution in [2.45, 2.75) is 0 Å². The third kappa shape index (κ3) is 3.26. The van der Waals surface area contributed by atoms with Gasteiger partial charge < -0.3 is 11.1 Å². The third-order valence-electron chi connectivity index (χ3n) is 1.33. The SMILES string of the molecule is NC(=S)C(=S)Nc1ccc(Cl)cc1. The highest BCUT2D eigenvalue weighted by Gasteiger charge is 1.99. The maximum Gasteiger partial charge on any atom is 0.138 e. The van der Waals surface area contributed by atoms with Crippen LogP contribution >= 0.6 is 36.0 Å². The normalized spacial score (nSPS) is 9.31. The maximum atomic E-state index is 5.70. The summed E-state index contributed by atoms with van der Waals surface area (Å²) in [5.41, 5.74) is 6.14. The molecule has 2 nitrogen and oxygen atoms in total. The van der Waals surface area contributed by atoms with Crippen LogP contribution in [-0.4, -0.2) is 9.98 Å². The molecular formula is C8H7ClN2S2. The van der Waals surface area contributed by atoms with Crippen LogP contribution < -0.4 is 11.1 Å². The standard InChI is InChI=1S/C8H7ClN2S2/c9-5-1-3-6(4-2-5)11-8(13)7(10)12/h1-4H,(H2,10,12)(H,11,13). The zero-order valence-electron chi connectivity index (χ0n) is 6.58. The molecule has 0 unspecified atom stereocenters. The molecular weight excluding hydrogens is 224 g/mol. The molecule has 0 aliphatic carbocycles. The largest absolute Gasteiger partial charge is 0.388 e. The van der Waals surface area contributed by atoms with Gasteiger partial charge in [0, 0.05) is 10.7 Å². The van der Waals surface area contributed by atoms with Gasteiger partial charge in [-0.1, -0.05) is 36.0 Å². The van der Waals surface area contributed by atoms with Gasteiger partial charge in [-0.3, -0.25) is 0 Å². The molecule has 0 spiro atoms. The lowest BCUT2D eigenvalue weighted by atomic mass is 10.3. The smallest absolute Gasteiger partial charge is 0.138 e. The van der Waals surface area contributed by atoms with Crippen molar-refractivity contribution in [3.8, 4) is 0 Å². The van der Waals surface area contributed by atoms with E-state index in [0.717, 1.165) is 5.69 Å². The molecule has 0 heterocycles. The highest BCUT2D eigenvalue weighted by atomic mass is 35.5. The summed E-state index contributed by atoms with van der Waals surface area (Å²) in [5, 5.41) is 3.55. The Morgan fingerprint density at radius 3 is 2.23 bits per heavy atom. The average Bonchev–Trinajstić information content (AvgIpc) is 2.08. The molecule has 0 aromatic heterocycles. The van der Waals surface area contributed by atoms with Gasteiger partial charge in [0.05, 0.1) is 0 Å². The Balaban J connectivity index is 2.70. The van der Waals surface area contributed by atoms with E-state index in [4.69, 9.17) is 41.8 Å². The fourth-order valence-corrected chi connectivity index (χ4v) is 1.02. The van der Waals surface area contributed by atoms with Gasteiger partial charge in [0.2, 0.25) is 0 Å². The summed E-state index contributed by atoms with van der Waals surface area (Å²) in [7, 11) is 0. The van der Waals surface area contributed by atoms with E-state index in [2.05, 4.69) is 5.32 Å². The molecule has 0 saturated heterocycles. The summed E-state index contributed by atoms with van der Waals surface area (Å²) < 4.78 is 0. The first-order chi connectivity index (χ1) is 6.09. The molecule has 0 aliphatic rings. The summed E-state index contributed by atoms with van der Waals surface area (Å²) in [6, 6.07) is 7.11. The number of halogens is 1. The van der Waals surface area contributed by atoms with Crippen molar-refractivity contribution in [2.75, 3.05) is 5.32 Å². The zero-order valence-corrected chi connectivity index (χ0v) is 8.97. The lowest BCUT2D eigenvalue weighted by Crippen LogP contribution is -2.25. The van der Waals surface area contributed by atoms with E-state index in [9.17, 15) is 0 Å². The van der Waals surface area contributed by atoms with Crippen LogP contribution in [0.15, 0.2) is 24.3 Å². The van der Waals surface area contributed by atoms with Crippen molar-refractivity contribution in [2.24, 2.45) is 5.73 Å². The van der Waals surface area contributed by atoms with Crippen molar-refractivity contribution in [1.82, 2.24) is 0 Å². The van der Waals surface area contributed by atoms with Gasteiger partial charge in [0.25, 0.3) is 0 Å². The average molecular weight is 231 g/mol. The number of anilines is 1. The zero-order chi connectivity index (χ0) is 9.84. The fraction of sp³-hybridized carbons (Fsp3) is 0. The molecule has 0 atom stereocenters. The molecule has 1 aromatic rings. The predicted octanol–water partition coefficient (Wildman–Crippen LogP) is 2.37. The van der Waals surface area contributed by atoms with E-state index in [1.165, 1.54) is 0 Å². The number of hydrogen-bond donors (Lipinski definition) is 2. The number of nitrogens with two attached hydrogens (primary N) is 1. The molecule has 5 heteroatoms. The first-order valence-corrected chi connectivity index (χ1v) is 4.65. The summed E-state index contributed by atoms with van der Waals surface area (Å²) >= 11 is 15.3. The number of rotatable bonds is 1. The molecule has 0 aliphatic heterocycles. The highest BCUT2D eigenvalue weighted by molar-refractivity contribution is 7.89. The van der Waals surface area contributed by atoms with Gasteiger partial charge in [0.1, 0.15) is 9.98 Å². The Morgan fingerprint density at radius 1 is 1.23 bits per heavy atom. The lowest BCUT2D eigenvalue weighted by Gasteiger charge is -2.05. The minimum absolute atomic E-state index is 0.185. The number of benzene rings is 1. The third-order valence-corrected chi connectivity index (χ3v) is 2.23. The second-order valence-electron chi connectivity index (χ2n) is 2.33. The van der Waals surface area contributed by atoms with Crippen LogP contribution in [0.2, 0.25) is 5.02 Å². The molecule has 0 bridgehead atoms. The van der Waals surface area contributed by atoms with Gasteiger partial charge in [-0.05, 0) is 24.3 Å². The van der Waals surface area contributed by atoms with Crippen molar-refractivity contribution in [1.29, 1.82) is 0 Å². The highest BCUT2D eigenvalue weighted by Crippen LogP contribution is 2.13. The molecule has 0 saturated carbocycles. The van der Waals surface area contributed by atoms with Crippen LogP contribution in [0.4, 0.5) is 5.69 Å². The minimum Gasteiger partial charge on any atom is -0.388 e. The van der Waals surface area contributed by atoms with E-state index in [1.54, 1.807) is 24.3 Å². The van der Waals surface area contributed by atoms with E-state index in [1.807, 2.05) is 0 Å². The fourth-order valence-electron chi connectivity index (χ4n) is 0.726. The number of nitrogens with one attached hydrogen (secondary N) is 1. The maximum absolute atomic E-state index is 5.70. The van der Waals surface area contributed by atoms with E-state index < -0.39 is 0 Å². The van der Waals surface area contributed by atoms with Crippen LogP contribution in [0.25, 0.3) is 0 Å². The minimum atomic E-state index is 0.185. The number of hydrogen-bond acceptors (Lipinski definition) is 2. The monoisotopic (exact) mass is 230 g/mol. The van der Waals surface area contributed by atoms with Crippen LogP contribution in [-0.2, 0) is 0 Å². The van der Waals surface area contributed by atoms with E-state index >= 15 is 0 Å². The Labute approximate surface area is 92.1 Å². The first-order valence-electron chi connectivity index (χ1n) is 3.46. The van der Waals surface area contributed by atoms with Gasteiger partial charge in [-0.15, -0.1) is 0 Å². The van der Waals surface area contributed by atoms with Gasteiger partial charge >= 0.3 is 0 Å². The second kappa shape index (κ2) is 4.50. The van der Waals surface area contributed by atoms with Crippen LogP contribution in [0.1, 0.15) is 0 Å². The molecule has 0 amide bonds. The quantitative estimate of drug-likeness (QED) is 0.727. The van der Waals surface area contributed by atoms with Crippen molar-refractivity contribution in [3.63, 3.8) is 0 Å². The summed E-state index contributed by atoms with van der Waals surface area (Å²) in [4.78, 5) is 0.544. The molecule has 0 fully saturated rings. The van der Waals surface area contributed by atoms with Gasteiger partial charge in [-0.2, -0.15) is 0 Å². The molecule has 13 heavy (non-hydrogen) atoms. The molecule has 3 N–H and O–H groups in total. The van der Waals surface area contributed by atoms with Gasteiger partial charge in [-0.25, -0.2) is 0 Å². The molecule has 1 rings (SSSR count). The van der Waals surface area contributed by atoms with E-state index in [-0.39, 0.29) is 4.99 Å². The van der Waals surface area contributed by atoms with Crippen molar-refractivity contribution >= 4 is 51.7 Å². The van der Waals surface area contributed by atoms with Crippen LogP contribution in [0.3, 0.4) is 0 Å². The summed E-state index contributed by atoms with van der Waals surface area (Å²) in [6.07, 6.45) is 0. The molecule has 0 radical (unpaired) electrons. The molecule has 68 valence electrons. The summed E-state index contributed by atoms with van der Waals surface area (Å²) in [6.45, 7) is 0. The summed E-state index contributed by atoms with van der Waals surface area (Å²) in [5.74, 6) is 0. The Bertz CT molecular complexity index is 335. The van der Waals surface area contributed by atoms with Crippen LogP contribution in [0.5, 0.6) is 0 Å². The Kier molecular flexibility index (Phi) is 3.59. The van der Waals surface area contributed by atoms with Crippen molar-refractivity contribution < 1.29 is 0 Å². The van der Waals surface area contributed by atoms with Gasteiger partial charge in [0.15, 0.2) is 0 Å². The Hall–Kier alpha value is -0.710. The predicted molar refractivity (Wildman–Crippen MR) is 64.5 cm³/mol. The Morgan fingerprint density at radius 2 is 1.77 bits per heavy atom. The lowest BCUT2D eigenvalue weighted by molar-refractivity contribution is 1.65. The second-order valence-corrected chi connectivity index (χ2v) is 3.61. The van der Waals surface area contributed by atoms with E-state index in [0.29, 0.717) is 10.0 Å².